The lowest BCUT2D eigenvalue weighted by molar-refractivity contribution is 0.289. The third-order valence-corrected chi connectivity index (χ3v) is 2.55. The summed E-state index contributed by atoms with van der Waals surface area (Å²) in [6.07, 6.45) is 1.01. The minimum Gasteiger partial charge on any atom is -0.389 e. The summed E-state index contributed by atoms with van der Waals surface area (Å²) in [5, 5.41) is 3.32. The monoisotopic (exact) mass is 184 g/mol. The summed E-state index contributed by atoms with van der Waals surface area (Å²) in [5.41, 5.74) is 6.82. The van der Waals surface area contributed by atoms with Crippen molar-refractivity contribution in [3.63, 3.8) is 0 Å². The molecular formula is C11H24N2. The van der Waals surface area contributed by atoms with Crippen molar-refractivity contribution < 1.29 is 0 Å². The summed E-state index contributed by atoms with van der Waals surface area (Å²) in [6.45, 7) is 14.6. The van der Waals surface area contributed by atoms with Gasteiger partial charge in [0.05, 0.1) is 0 Å². The fraction of sp³-hybridized carbons (Fsp3) is 0.818. The van der Waals surface area contributed by atoms with Crippen LogP contribution < -0.4 is 11.1 Å². The van der Waals surface area contributed by atoms with E-state index in [1.165, 1.54) is 0 Å². The predicted molar refractivity (Wildman–Crippen MR) is 59.4 cm³/mol. The Bertz CT molecular complexity index is 156. The van der Waals surface area contributed by atoms with Gasteiger partial charge in [-0.05, 0) is 18.4 Å². The van der Waals surface area contributed by atoms with Crippen LogP contribution in [0, 0.1) is 11.3 Å². The van der Waals surface area contributed by atoms with E-state index in [1.54, 1.807) is 0 Å². The van der Waals surface area contributed by atoms with Gasteiger partial charge in [0.2, 0.25) is 0 Å². The van der Waals surface area contributed by atoms with E-state index in [2.05, 4.69) is 39.6 Å². The van der Waals surface area contributed by atoms with Gasteiger partial charge in [-0.1, -0.05) is 34.3 Å². The SMILES string of the molecule is C=C(NCCCN)C(C)C(C)(C)C. The third-order valence-electron chi connectivity index (χ3n) is 2.55. The largest absolute Gasteiger partial charge is 0.389 e. The quantitative estimate of drug-likeness (QED) is 0.642. The zero-order valence-corrected chi connectivity index (χ0v) is 9.48. The smallest absolute Gasteiger partial charge is 0.0155 e. The van der Waals surface area contributed by atoms with Gasteiger partial charge < -0.3 is 11.1 Å². The molecule has 3 N–H and O–H groups in total. The molecule has 0 saturated heterocycles. The fourth-order valence-corrected chi connectivity index (χ4v) is 1.03. The van der Waals surface area contributed by atoms with Crippen molar-refractivity contribution >= 4 is 0 Å². The Morgan fingerprint density at radius 2 is 2.00 bits per heavy atom. The molecule has 1 atom stereocenters. The number of nitrogens with one attached hydrogen (secondary N) is 1. The number of hydrogen-bond donors (Lipinski definition) is 2. The van der Waals surface area contributed by atoms with Gasteiger partial charge in [-0.3, -0.25) is 0 Å². The fourth-order valence-electron chi connectivity index (χ4n) is 1.03. The number of rotatable bonds is 5. The molecular weight excluding hydrogens is 160 g/mol. The van der Waals surface area contributed by atoms with Crippen LogP contribution in [0.1, 0.15) is 34.1 Å². The zero-order valence-electron chi connectivity index (χ0n) is 9.48. The molecule has 0 aromatic carbocycles. The highest BCUT2D eigenvalue weighted by atomic mass is 14.9. The van der Waals surface area contributed by atoms with Crippen LogP contribution >= 0.6 is 0 Å². The highest BCUT2D eigenvalue weighted by molar-refractivity contribution is 5.00. The Hall–Kier alpha value is -0.500. The molecule has 0 bridgehead atoms. The lowest BCUT2D eigenvalue weighted by Gasteiger charge is -2.29. The standard InChI is InChI=1S/C11H24N2/c1-9(11(3,4)5)10(2)13-8-6-7-12/h9,13H,2,6-8,12H2,1,3-5H3. The van der Waals surface area contributed by atoms with Crippen LogP contribution in [-0.4, -0.2) is 13.1 Å². The molecule has 0 heterocycles. The van der Waals surface area contributed by atoms with E-state index in [0.717, 1.165) is 25.2 Å². The van der Waals surface area contributed by atoms with E-state index in [4.69, 9.17) is 5.73 Å². The molecule has 0 aromatic heterocycles. The van der Waals surface area contributed by atoms with Gasteiger partial charge >= 0.3 is 0 Å². The first kappa shape index (κ1) is 12.5. The number of nitrogens with two attached hydrogens (primary N) is 1. The van der Waals surface area contributed by atoms with E-state index < -0.39 is 0 Å². The summed E-state index contributed by atoms with van der Waals surface area (Å²) >= 11 is 0. The van der Waals surface area contributed by atoms with Gasteiger partial charge in [0.1, 0.15) is 0 Å². The third kappa shape index (κ3) is 4.94. The highest BCUT2D eigenvalue weighted by Gasteiger charge is 2.21. The van der Waals surface area contributed by atoms with Crippen LogP contribution in [0.4, 0.5) is 0 Å². The second-order valence-corrected chi connectivity index (χ2v) is 4.68. The van der Waals surface area contributed by atoms with Crippen LogP contribution in [0.25, 0.3) is 0 Å². The molecule has 0 aliphatic heterocycles. The van der Waals surface area contributed by atoms with Crippen molar-refractivity contribution in [3.8, 4) is 0 Å². The molecule has 1 unspecified atom stereocenters. The van der Waals surface area contributed by atoms with Crippen molar-refractivity contribution in [1.82, 2.24) is 5.32 Å². The van der Waals surface area contributed by atoms with E-state index in [0.29, 0.717) is 5.92 Å². The summed E-state index contributed by atoms with van der Waals surface area (Å²) in [5.74, 6) is 0.491. The summed E-state index contributed by atoms with van der Waals surface area (Å²) in [7, 11) is 0. The molecule has 0 saturated carbocycles. The molecule has 0 rings (SSSR count). The van der Waals surface area contributed by atoms with E-state index >= 15 is 0 Å². The number of hydrogen-bond acceptors (Lipinski definition) is 2. The van der Waals surface area contributed by atoms with E-state index in [9.17, 15) is 0 Å². The Morgan fingerprint density at radius 1 is 1.46 bits per heavy atom. The average Bonchev–Trinajstić information content (AvgIpc) is 2.01. The molecule has 0 spiro atoms. The normalized spacial score (nSPS) is 13.9. The molecule has 2 nitrogen and oxygen atoms in total. The van der Waals surface area contributed by atoms with Crippen LogP contribution in [0.2, 0.25) is 0 Å². The Kier molecular flexibility index (Phi) is 5.07. The van der Waals surface area contributed by atoms with Crippen LogP contribution in [0.15, 0.2) is 12.3 Å². The van der Waals surface area contributed by atoms with Gasteiger partial charge in [0, 0.05) is 18.2 Å². The van der Waals surface area contributed by atoms with Gasteiger partial charge in [-0.2, -0.15) is 0 Å². The maximum Gasteiger partial charge on any atom is 0.0155 e. The predicted octanol–water partition coefficient (Wildman–Crippen LogP) is 2.12. The first-order chi connectivity index (χ1) is 5.89. The molecule has 0 radical (unpaired) electrons. The lowest BCUT2D eigenvalue weighted by Crippen LogP contribution is -2.28. The molecule has 0 aliphatic carbocycles. The maximum atomic E-state index is 5.41. The molecule has 0 aliphatic rings. The van der Waals surface area contributed by atoms with Crippen molar-refractivity contribution in [3.05, 3.63) is 12.3 Å². The number of allylic oxidation sites excluding steroid dienone is 1. The van der Waals surface area contributed by atoms with E-state index in [-0.39, 0.29) is 5.41 Å². The van der Waals surface area contributed by atoms with Gasteiger partial charge in [0.15, 0.2) is 0 Å². The minimum atomic E-state index is 0.285. The molecule has 13 heavy (non-hydrogen) atoms. The second kappa shape index (κ2) is 5.28. The Balaban J connectivity index is 3.84. The zero-order chi connectivity index (χ0) is 10.5. The van der Waals surface area contributed by atoms with Crippen molar-refractivity contribution in [1.29, 1.82) is 0 Å². The van der Waals surface area contributed by atoms with Gasteiger partial charge in [0.25, 0.3) is 0 Å². The van der Waals surface area contributed by atoms with Crippen LogP contribution in [0.3, 0.4) is 0 Å². The minimum absolute atomic E-state index is 0.285. The average molecular weight is 184 g/mol. The van der Waals surface area contributed by atoms with Crippen LogP contribution in [0.5, 0.6) is 0 Å². The van der Waals surface area contributed by atoms with Crippen LogP contribution in [-0.2, 0) is 0 Å². The summed E-state index contributed by atoms with van der Waals surface area (Å²) in [6, 6.07) is 0. The van der Waals surface area contributed by atoms with Gasteiger partial charge in [-0.25, -0.2) is 0 Å². The second-order valence-electron chi connectivity index (χ2n) is 4.68. The summed E-state index contributed by atoms with van der Waals surface area (Å²) in [4.78, 5) is 0. The van der Waals surface area contributed by atoms with E-state index in [1.807, 2.05) is 0 Å². The first-order valence-corrected chi connectivity index (χ1v) is 5.02. The molecule has 0 amide bonds. The first-order valence-electron chi connectivity index (χ1n) is 5.02. The Morgan fingerprint density at radius 3 is 2.38 bits per heavy atom. The van der Waals surface area contributed by atoms with Crippen molar-refractivity contribution in [2.45, 2.75) is 34.1 Å². The maximum absolute atomic E-state index is 5.41. The lowest BCUT2D eigenvalue weighted by atomic mass is 9.80. The molecule has 0 aromatic rings. The Labute approximate surface area is 82.6 Å². The van der Waals surface area contributed by atoms with Gasteiger partial charge in [-0.15, -0.1) is 0 Å². The molecule has 2 heteroatoms. The summed E-state index contributed by atoms with van der Waals surface area (Å²) < 4.78 is 0. The highest BCUT2D eigenvalue weighted by Crippen LogP contribution is 2.29. The van der Waals surface area contributed by atoms with Crippen molar-refractivity contribution in [2.24, 2.45) is 17.1 Å². The molecule has 78 valence electrons. The van der Waals surface area contributed by atoms with Crippen molar-refractivity contribution in [2.75, 3.05) is 13.1 Å². The molecule has 0 fully saturated rings. The topological polar surface area (TPSA) is 38.0 Å².